The first-order valence-corrected chi connectivity index (χ1v) is 4.09. The Labute approximate surface area is 76.8 Å². The fourth-order valence-electron chi connectivity index (χ4n) is 1.20. The molecule has 70 valence electrons. The predicted octanol–water partition coefficient (Wildman–Crippen LogP) is 1.54. The van der Waals surface area contributed by atoms with E-state index in [9.17, 15) is 9.18 Å². The Bertz CT molecular complexity index is 323. The van der Waals surface area contributed by atoms with Crippen LogP contribution in [0.1, 0.15) is 15.9 Å². The molecule has 0 atom stereocenters. The second-order valence-electron chi connectivity index (χ2n) is 2.91. The summed E-state index contributed by atoms with van der Waals surface area (Å²) in [6.45, 7) is 2.01. The topological polar surface area (TPSA) is 29.1 Å². The molecule has 0 spiro atoms. The Hall–Kier alpha value is -1.22. The Balaban J connectivity index is 2.95. The molecule has 0 aliphatic rings. The molecule has 0 fully saturated rings. The van der Waals surface area contributed by atoms with Gasteiger partial charge < -0.3 is 5.32 Å². The van der Waals surface area contributed by atoms with Gasteiger partial charge in [-0.1, -0.05) is 0 Å². The highest BCUT2D eigenvalue weighted by atomic mass is 19.1. The number of benzene rings is 1. The van der Waals surface area contributed by atoms with Crippen molar-refractivity contribution in [3.8, 4) is 0 Å². The van der Waals surface area contributed by atoms with Crippen LogP contribution in [0.25, 0.3) is 0 Å². The van der Waals surface area contributed by atoms with E-state index < -0.39 is 0 Å². The van der Waals surface area contributed by atoms with Crippen LogP contribution in [-0.2, 0) is 0 Å². The van der Waals surface area contributed by atoms with E-state index >= 15 is 0 Å². The van der Waals surface area contributed by atoms with Gasteiger partial charge in [-0.2, -0.15) is 0 Å². The maximum Gasteiger partial charge on any atom is 0.176 e. The molecule has 0 heterocycles. The minimum Gasteiger partial charge on any atom is -0.313 e. The van der Waals surface area contributed by atoms with Crippen LogP contribution in [0.3, 0.4) is 0 Å². The van der Waals surface area contributed by atoms with Crippen molar-refractivity contribution in [1.82, 2.24) is 5.32 Å². The molecule has 1 aromatic rings. The van der Waals surface area contributed by atoms with Gasteiger partial charge in [0.15, 0.2) is 5.78 Å². The molecule has 1 N–H and O–H groups in total. The number of likely N-dealkylation sites (N-methyl/N-ethyl adjacent to an activating group) is 1. The normalized spacial score (nSPS) is 10.1. The highest BCUT2D eigenvalue weighted by Crippen LogP contribution is 2.10. The lowest BCUT2D eigenvalue weighted by atomic mass is 10.0. The van der Waals surface area contributed by atoms with Gasteiger partial charge in [-0.15, -0.1) is 0 Å². The summed E-state index contributed by atoms with van der Waals surface area (Å²) in [5.74, 6) is -0.321. The third kappa shape index (κ3) is 2.36. The molecule has 3 heteroatoms. The zero-order chi connectivity index (χ0) is 9.84. The summed E-state index contributed by atoms with van der Waals surface area (Å²) < 4.78 is 12.7. The number of nitrogens with one attached hydrogen (secondary N) is 1. The molecular weight excluding hydrogens is 169 g/mol. The Morgan fingerprint density at radius 3 is 2.77 bits per heavy atom. The number of aryl methyl sites for hydroxylation is 1. The lowest BCUT2D eigenvalue weighted by molar-refractivity contribution is 0.0993. The number of rotatable bonds is 3. The average Bonchev–Trinajstić information content (AvgIpc) is 2.04. The number of Topliss-reactive ketones (excluding diaryl/α,β-unsaturated/α-hetero) is 1. The minimum absolute atomic E-state index is 0.0139. The number of ketones is 1. The predicted molar refractivity (Wildman–Crippen MR) is 49.4 cm³/mol. The summed E-state index contributed by atoms with van der Waals surface area (Å²) in [6, 6.07) is 4.18. The van der Waals surface area contributed by atoms with Crippen molar-refractivity contribution in [2.24, 2.45) is 0 Å². The molecule has 13 heavy (non-hydrogen) atoms. The molecule has 0 aliphatic carbocycles. The van der Waals surface area contributed by atoms with E-state index in [-0.39, 0.29) is 18.1 Å². The van der Waals surface area contributed by atoms with Crippen molar-refractivity contribution in [1.29, 1.82) is 0 Å². The molecule has 0 aliphatic heterocycles. The van der Waals surface area contributed by atoms with Gasteiger partial charge >= 0.3 is 0 Å². The van der Waals surface area contributed by atoms with Crippen LogP contribution in [-0.4, -0.2) is 19.4 Å². The molecule has 0 saturated heterocycles. The Morgan fingerprint density at radius 1 is 1.54 bits per heavy atom. The Morgan fingerprint density at radius 2 is 2.23 bits per heavy atom. The van der Waals surface area contributed by atoms with E-state index in [1.54, 1.807) is 14.0 Å². The minimum atomic E-state index is -0.307. The molecule has 0 aromatic heterocycles. The van der Waals surface area contributed by atoms with E-state index in [0.717, 1.165) is 0 Å². The van der Waals surface area contributed by atoms with Crippen LogP contribution >= 0.6 is 0 Å². The second kappa shape index (κ2) is 4.14. The molecule has 0 amide bonds. The lowest BCUT2D eigenvalue weighted by Gasteiger charge is -2.03. The number of halogens is 1. The van der Waals surface area contributed by atoms with Gasteiger partial charge in [0, 0.05) is 5.56 Å². The first-order valence-electron chi connectivity index (χ1n) is 4.09. The van der Waals surface area contributed by atoms with Crippen molar-refractivity contribution < 1.29 is 9.18 Å². The van der Waals surface area contributed by atoms with Gasteiger partial charge in [0.25, 0.3) is 0 Å². The maximum absolute atomic E-state index is 12.7. The number of hydrogen-bond donors (Lipinski definition) is 1. The first-order chi connectivity index (χ1) is 6.15. The van der Waals surface area contributed by atoms with Gasteiger partial charge in [0.2, 0.25) is 0 Å². The van der Waals surface area contributed by atoms with Crippen LogP contribution < -0.4 is 5.32 Å². The van der Waals surface area contributed by atoms with Crippen molar-refractivity contribution in [3.63, 3.8) is 0 Å². The highest BCUT2D eigenvalue weighted by molar-refractivity contribution is 5.98. The van der Waals surface area contributed by atoms with E-state index in [1.807, 2.05) is 0 Å². The molecule has 0 unspecified atom stereocenters. The summed E-state index contributed by atoms with van der Waals surface area (Å²) >= 11 is 0. The molecular formula is C10H12FNO. The zero-order valence-corrected chi connectivity index (χ0v) is 7.73. The van der Waals surface area contributed by atoms with Gasteiger partial charge in [-0.3, -0.25) is 4.79 Å². The SMILES string of the molecule is CNCC(=O)c1ccc(F)cc1C. The average molecular weight is 181 g/mol. The summed E-state index contributed by atoms with van der Waals surface area (Å²) in [4.78, 5) is 11.4. The molecule has 1 rings (SSSR count). The molecule has 0 saturated carbocycles. The highest BCUT2D eigenvalue weighted by Gasteiger charge is 2.07. The van der Waals surface area contributed by atoms with E-state index in [4.69, 9.17) is 0 Å². The van der Waals surface area contributed by atoms with E-state index in [1.165, 1.54) is 18.2 Å². The van der Waals surface area contributed by atoms with Crippen LogP contribution in [0.15, 0.2) is 18.2 Å². The quantitative estimate of drug-likeness (QED) is 0.716. The third-order valence-corrected chi connectivity index (χ3v) is 1.83. The van der Waals surface area contributed by atoms with Crippen molar-refractivity contribution in [2.45, 2.75) is 6.92 Å². The van der Waals surface area contributed by atoms with Gasteiger partial charge in [0.1, 0.15) is 5.82 Å². The van der Waals surface area contributed by atoms with E-state index in [2.05, 4.69) is 5.32 Å². The first kappa shape index (κ1) is 9.86. The zero-order valence-electron chi connectivity index (χ0n) is 7.73. The maximum atomic E-state index is 12.7. The third-order valence-electron chi connectivity index (χ3n) is 1.83. The van der Waals surface area contributed by atoms with Crippen molar-refractivity contribution >= 4 is 5.78 Å². The van der Waals surface area contributed by atoms with Gasteiger partial charge in [-0.05, 0) is 37.7 Å². The van der Waals surface area contributed by atoms with Crippen LogP contribution in [0, 0.1) is 12.7 Å². The van der Waals surface area contributed by atoms with Gasteiger partial charge in [-0.25, -0.2) is 4.39 Å². The van der Waals surface area contributed by atoms with Gasteiger partial charge in [0.05, 0.1) is 6.54 Å². The van der Waals surface area contributed by atoms with Crippen LogP contribution in [0.4, 0.5) is 4.39 Å². The summed E-state index contributed by atoms with van der Waals surface area (Å²) in [6.07, 6.45) is 0. The molecule has 0 bridgehead atoms. The summed E-state index contributed by atoms with van der Waals surface area (Å²) in [5, 5.41) is 2.76. The summed E-state index contributed by atoms with van der Waals surface area (Å²) in [7, 11) is 1.71. The van der Waals surface area contributed by atoms with Crippen molar-refractivity contribution in [3.05, 3.63) is 35.1 Å². The lowest BCUT2D eigenvalue weighted by Crippen LogP contribution is -2.19. The Kier molecular flexibility index (Phi) is 3.14. The molecule has 1 aromatic carbocycles. The molecule has 0 radical (unpaired) electrons. The number of carbonyl (C=O) groups excluding carboxylic acids is 1. The fourth-order valence-corrected chi connectivity index (χ4v) is 1.20. The standard InChI is InChI=1S/C10H12FNO/c1-7-5-8(11)3-4-9(7)10(13)6-12-2/h3-5,12H,6H2,1-2H3. The van der Waals surface area contributed by atoms with E-state index in [0.29, 0.717) is 11.1 Å². The van der Waals surface area contributed by atoms with Crippen LogP contribution in [0.5, 0.6) is 0 Å². The number of hydrogen-bond acceptors (Lipinski definition) is 2. The monoisotopic (exact) mass is 181 g/mol. The fraction of sp³-hybridized carbons (Fsp3) is 0.300. The van der Waals surface area contributed by atoms with Crippen LogP contribution in [0.2, 0.25) is 0 Å². The summed E-state index contributed by atoms with van der Waals surface area (Å²) in [5.41, 5.74) is 1.26. The second-order valence-corrected chi connectivity index (χ2v) is 2.91. The largest absolute Gasteiger partial charge is 0.313 e. The molecule has 2 nitrogen and oxygen atoms in total. The smallest absolute Gasteiger partial charge is 0.176 e. The van der Waals surface area contributed by atoms with Crippen molar-refractivity contribution in [2.75, 3.05) is 13.6 Å². The number of carbonyl (C=O) groups is 1.